The lowest BCUT2D eigenvalue weighted by Crippen LogP contribution is -2.50. The van der Waals surface area contributed by atoms with Gasteiger partial charge in [0.2, 0.25) is 5.91 Å². The molecule has 0 spiro atoms. The van der Waals surface area contributed by atoms with Crippen molar-refractivity contribution in [2.24, 2.45) is 5.92 Å². The first-order chi connectivity index (χ1) is 12.5. The molecule has 26 heavy (non-hydrogen) atoms. The van der Waals surface area contributed by atoms with Gasteiger partial charge in [0.25, 0.3) is 5.91 Å². The van der Waals surface area contributed by atoms with Crippen LogP contribution in [0.2, 0.25) is 0 Å². The second kappa shape index (κ2) is 10.3. The fraction of sp³-hybridized carbons (Fsp3) is 0.619. The van der Waals surface area contributed by atoms with Gasteiger partial charge in [0.15, 0.2) is 0 Å². The molecule has 0 bridgehead atoms. The van der Waals surface area contributed by atoms with Gasteiger partial charge in [-0.05, 0) is 63.9 Å². The third kappa shape index (κ3) is 6.45. The third-order valence-electron chi connectivity index (χ3n) is 4.92. The van der Waals surface area contributed by atoms with Crippen LogP contribution < -0.4 is 10.6 Å². The molecule has 2 amide bonds. The Hall–Kier alpha value is -1.88. The Labute approximate surface area is 157 Å². The molecule has 0 aromatic heterocycles. The first-order valence-electron chi connectivity index (χ1n) is 9.85. The first kappa shape index (κ1) is 20.4. The SMILES string of the molecule is Cc1cccc(C(=O)NC(C(=O)NCCCN2CCCCC2)C(C)C)c1. The fourth-order valence-electron chi connectivity index (χ4n) is 3.35. The summed E-state index contributed by atoms with van der Waals surface area (Å²) in [5.41, 5.74) is 1.62. The van der Waals surface area contributed by atoms with Gasteiger partial charge in [0.05, 0.1) is 0 Å². The Balaban J connectivity index is 1.79. The molecule has 1 heterocycles. The number of benzene rings is 1. The fourth-order valence-corrected chi connectivity index (χ4v) is 3.35. The number of carbonyl (C=O) groups is 2. The molecule has 1 saturated heterocycles. The van der Waals surface area contributed by atoms with Crippen molar-refractivity contribution in [1.29, 1.82) is 0 Å². The maximum absolute atomic E-state index is 12.5. The molecule has 1 aliphatic heterocycles. The van der Waals surface area contributed by atoms with Gasteiger partial charge in [-0.1, -0.05) is 38.0 Å². The maximum atomic E-state index is 12.5. The molecule has 144 valence electrons. The van der Waals surface area contributed by atoms with Crippen LogP contribution in [0.3, 0.4) is 0 Å². The molecule has 1 aliphatic rings. The van der Waals surface area contributed by atoms with E-state index in [0.717, 1.165) is 18.5 Å². The van der Waals surface area contributed by atoms with E-state index >= 15 is 0 Å². The van der Waals surface area contributed by atoms with Gasteiger partial charge in [-0.3, -0.25) is 9.59 Å². The van der Waals surface area contributed by atoms with E-state index in [1.807, 2.05) is 39.0 Å². The van der Waals surface area contributed by atoms with Gasteiger partial charge in [0.1, 0.15) is 6.04 Å². The number of amides is 2. The van der Waals surface area contributed by atoms with E-state index < -0.39 is 6.04 Å². The van der Waals surface area contributed by atoms with E-state index in [2.05, 4.69) is 15.5 Å². The van der Waals surface area contributed by atoms with Gasteiger partial charge in [0, 0.05) is 12.1 Å². The van der Waals surface area contributed by atoms with Crippen molar-refractivity contribution in [1.82, 2.24) is 15.5 Å². The molecule has 1 aromatic carbocycles. The second-order valence-corrected chi connectivity index (χ2v) is 7.61. The largest absolute Gasteiger partial charge is 0.354 e. The lowest BCUT2D eigenvalue weighted by molar-refractivity contribution is -0.123. The zero-order valence-corrected chi connectivity index (χ0v) is 16.4. The van der Waals surface area contributed by atoms with E-state index in [-0.39, 0.29) is 17.7 Å². The van der Waals surface area contributed by atoms with E-state index in [1.165, 1.54) is 32.4 Å². The van der Waals surface area contributed by atoms with Crippen LogP contribution in [0.25, 0.3) is 0 Å². The minimum absolute atomic E-state index is 0.0332. The summed E-state index contributed by atoms with van der Waals surface area (Å²) >= 11 is 0. The average molecular weight is 360 g/mol. The highest BCUT2D eigenvalue weighted by molar-refractivity contribution is 5.97. The van der Waals surface area contributed by atoms with E-state index in [4.69, 9.17) is 0 Å². The van der Waals surface area contributed by atoms with Crippen LogP contribution in [0.15, 0.2) is 24.3 Å². The van der Waals surface area contributed by atoms with Crippen LogP contribution in [0.1, 0.15) is 55.5 Å². The van der Waals surface area contributed by atoms with Crippen LogP contribution in [0.4, 0.5) is 0 Å². The lowest BCUT2D eigenvalue weighted by Gasteiger charge is -2.26. The highest BCUT2D eigenvalue weighted by atomic mass is 16.2. The summed E-state index contributed by atoms with van der Waals surface area (Å²) in [6.07, 6.45) is 4.85. The smallest absolute Gasteiger partial charge is 0.251 e. The number of hydrogen-bond donors (Lipinski definition) is 2. The summed E-state index contributed by atoms with van der Waals surface area (Å²) in [6, 6.07) is 6.90. The Morgan fingerprint density at radius 1 is 1.15 bits per heavy atom. The normalized spacial score (nSPS) is 16.3. The zero-order valence-electron chi connectivity index (χ0n) is 16.4. The number of nitrogens with zero attached hydrogens (tertiary/aromatic N) is 1. The Morgan fingerprint density at radius 2 is 1.88 bits per heavy atom. The molecule has 5 nitrogen and oxygen atoms in total. The van der Waals surface area contributed by atoms with E-state index in [0.29, 0.717) is 12.1 Å². The zero-order chi connectivity index (χ0) is 18.9. The molecule has 0 saturated carbocycles. The molecule has 2 rings (SSSR count). The van der Waals surface area contributed by atoms with E-state index in [9.17, 15) is 9.59 Å². The Kier molecular flexibility index (Phi) is 8.10. The summed E-state index contributed by atoms with van der Waals surface area (Å²) in [5.74, 6) is -0.263. The maximum Gasteiger partial charge on any atom is 0.251 e. The molecule has 1 unspecified atom stereocenters. The summed E-state index contributed by atoms with van der Waals surface area (Å²) < 4.78 is 0. The van der Waals surface area contributed by atoms with Gasteiger partial charge in [-0.25, -0.2) is 0 Å². The lowest BCUT2D eigenvalue weighted by atomic mass is 10.0. The number of aryl methyl sites for hydroxylation is 1. The number of nitrogens with one attached hydrogen (secondary N) is 2. The molecule has 0 aliphatic carbocycles. The predicted molar refractivity (Wildman–Crippen MR) is 105 cm³/mol. The number of hydrogen-bond acceptors (Lipinski definition) is 3. The summed E-state index contributed by atoms with van der Waals surface area (Å²) in [5, 5.41) is 5.88. The van der Waals surface area contributed by atoms with Crippen LogP contribution in [-0.2, 0) is 4.79 Å². The molecule has 1 aromatic rings. The van der Waals surface area contributed by atoms with Crippen molar-refractivity contribution >= 4 is 11.8 Å². The average Bonchev–Trinajstić information content (AvgIpc) is 2.63. The minimum Gasteiger partial charge on any atom is -0.354 e. The summed E-state index contributed by atoms with van der Waals surface area (Å²) in [4.78, 5) is 27.5. The van der Waals surface area contributed by atoms with Crippen molar-refractivity contribution in [2.75, 3.05) is 26.2 Å². The Bertz CT molecular complexity index is 595. The van der Waals surface area contributed by atoms with Gasteiger partial charge >= 0.3 is 0 Å². The van der Waals surface area contributed by atoms with Gasteiger partial charge < -0.3 is 15.5 Å². The summed E-state index contributed by atoms with van der Waals surface area (Å²) in [6.45, 7) is 9.89. The first-order valence-corrected chi connectivity index (χ1v) is 9.85. The number of piperidine rings is 1. The Morgan fingerprint density at radius 3 is 2.54 bits per heavy atom. The van der Waals surface area contributed by atoms with Crippen LogP contribution in [0, 0.1) is 12.8 Å². The number of rotatable bonds is 8. The van der Waals surface area contributed by atoms with Crippen molar-refractivity contribution in [3.8, 4) is 0 Å². The number of carbonyl (C=O) groups excluding carboxylic acids is 2. The highest BCUT2D eigenvalue weighted by Gasteiger charge is 2.24. The molecule has 1 atom stereocenters. The standard InChI is InChI=1S/C21H33N3O2/c1-16(2)19(23-20(25)18-10-7-9-17(3)15-18)21(26)22-11-8-14-24-12-5-4-6-13-24/h7,9-10,15-16,19H,4-6,8,11-14H2,1-3H3,(H,22,26)(H,23,25). The molecule has 5 heteroatoms. The predicted octanol–water partition coefficient (Wildman–Crippen LogP) is 2.74. The van der Waals surface area contributed by atoms with E-state index in [1.54, 1.807) is 6.07 Å². The van der Waals surface area contributed by atoms with Gasteiger partial charge in [-0.15, -0.1) is 0 Å². The van der Waals surface area contributed by atoms with Crippen LogP contribution in [-0.4, -0.2) is 48.9 Å². The third-order valence-corrected chi connectivity index (χ3v) is 4.92. The molecule has 1 fully saturated rings. The quantitative estimate of drug-likeness (QED) is 0.702. The molecular formula is C21H33N3O2. The summed E-state index contributed by atoms with van der Waals surface area (Å²) in [7, 11) is 0. The molecular weight excluding hydrogens is 326 g/mol. The van der Waals surface area contributed by atoms with Crippen LogP contribution in [0.5, 0.6) is 0 Å². The molecule has 2 N–H and O–H groups in total. The highest BCUT2D eigenvalue weighted by Crippen LogP contribution is 2.09. The second-order valence-electron chi connectivity index (χ2n) is 7.61. The van der Waals surface area contributed by atoms with Crippen molar-refractivity contribution in [2.45, 2.75) is 52.5 Å². The topological polar surface area (TPSA) is 61.4 Å². The van der Waals surface area contributed by atoms with Crippen molar-refractivity contribution < 1.29 is 9.59 Å². The molecule has 0 radical (unpaired) electrons. The minimum atomic E-state index is -0.516. The monoisotopic (exact) mass is 359 g/mol. The van der Waals surface area contributed by atoms with Gasteiger partial charge in [-0.2, -0.15) is 0 Å². The number of likely N-dealkylation sites (tertiary alicyclic amines) is 1. The van der Waals surface area contributed by atoms with Crippen molar-refractivity contribution in [3.63, 3.8) is 0 Å². The van der Waals surface area contributed by atoms with Crippen LogP contribution >= 0.6 is 0 Å². The van der Waals surface area contributed by atoms with Crippen molar-refractivity contribution in [3.05, 3.63) is 35.4 Å².